The van der Waals surface area contributed by atoms with Gasteiger partial charge in [0.2, 0.25) is 0 Å². The first-order valence-electron chi connectivity index (χ1n) is 16.7. The highest BCUT2D eigenvalue weighted by atomic mass is 32.2. The first kappa shape index (κ1) is 30.1. The van der Waals surface area contributed by atoms with E-state index >= 15 is 0 Å². The minimum atomic E-state index is -3.50. The summed E-state index contributed by atoms with van der Waals surface area (Å²) >= 11 is 0. The van der Waals surface area contributed by atoms with Crippen LogP contribution in [0.15, 0.2) is 87.3 Å². The normalized spacial score (nSPS) is 39.7. The number of nitrogens with zero attached hydrogens (tertiary/aromatic N) is 3. The van der Waals surface area contributed by atoms with Crippen LogP contribution in [-0.4, -0.2) is 50.5 Å². The average molecular weight is 646 g/mol. The Labute approximate surface area is 269 Å². The molecule has 3 heterocycles. The highest BCUT2D eigenvalue weighted by molar-refractivity contribution is 7.91. The number of fused-ring (bicyclic) bond motifs is 1. The lowest BCUT2D eigenvalue weighted by atomic mass is 9.40. The molecule has 2 aromatic carbocycles. The predicted octanol–water partition coefficient (Wildman–Crippen LogP) is 3.85. The van der Waals surface area contributed by atoms with Crippen LogP contribution >= 0.6 is 0 Å². The summed E-state index contributed by atoms with van der Waals surface area (Å²) in [5, 5.41) is 23.0. The number of aliphatic hydroxyl groups excluding tert-OH is 2. The van der Waals surface area contributed by atoms with Crippen molar-refractivity contribution >= 4 is 9.84 Å². The number of benzene rings is 2. The zero-order chi connectivity index (χ0) is 32.4. The van der Waals surface area contributed by atoms with Crippen molar-refractivity contribution in [3.05, 3.63) is 93.8 Å². The third-order valence-corrected chi connectivity index (χ3v) is 15.4. The number of rotatable bonds is 5. The summed E-state index contributed by atoms with van der Waals surface area (Å²) < 4.78 is 31.6. The van der Waals surface area contributed by atoms with Gasteiger partial charge >= 0.3 is 11.4 Å². The fourth-order valence-electron chi connectivity index (χ4n) is 11.6. The lowest BCUT2D eigenvalue weighted by Crippen LogP contribution is -2.79. The van der Waals surface area contributed by atoms with E-state index in [1.54, 1.807) is 57.9 Å². The molecule has 3 aromatic rings. The van der Waals surface area contributed by atoms with E-state index in [9.17, 15) is 28.2 Å². The summed E-state index contributed by atoms with van der Waals surface area (Å²) in [5.41, 5.74) is -3.47. The van der Waals surface area contributed by atoms with Crippen molar-refractivity contribution < 1.29 is 18.6 Å². The van der Waals surface area contributed by atoms with Crippen molar-refractivity contribution in [2.75, 3.05) is 5.75 Å². The maximum absolute atomic E-state index is 14.7. The summed E-state index contributed by atoms with van der Waals surface area (Å²) in [6.45, 7) is 6.38. The molecule has 9 rings (SSSR count). The number of aromatic nitrogens is 3. The van der Waals surface area contributed by atoms with E-state index < -0.39 is 49.9 Å². The molecule has 0 unspecified atom stereocenters. The van der Waals surface area contributed by atoms with Crippen LogP contribution in [0.5, 0.6) is 0 Å². The van der Waals surface area contributed by atoms with Crippen LogP contribution in [0.2, 0.25) is 0 Å². The zero-order valence-corrected chi connectivity index (χ0v) is 27.4. The Kier molecular flexibility index (Phi) is 6.34. The first-order chi connectivity index (χ1) is 21.8. The average Bonchev–Trinajstić information content (AvgIpc) is 3.53. The molecule has 0 amide bonds. The molecule has 10 atom stereocenters. The number of sulfone groups is 1. The van der Waals surface area contributed by atoms with Gasteiger partial charge in [0.05, 0.1) is 39.6 Å². The highest BCUT2D eigenvalue weighted by Crippen LogP contribution is 2.74. The van der Waals surface area contributed by atoms with Gasteiger partial charge < -0.3 is 10.2 Å². The molecule has 0 radical (unpaired) electrons. The molecule has 3 saturated carbocycles. The van der Waals surface area contributed by atoms with Crippen LogP contribution in [0.1, 0.15) is 59.3 Å². The summed E-state index contributed by atoms with van der Waals surface area (Å²) in [6.07, 6.45) is 6.07. The van der Waals surface area contributed by atoms with Crippen molar-refractivity contribution in [1.82, 2.24) is 13.9 Å². The van der Waals surface area contributed by atoms with E-state index in [0.29, 0.717) is 17.0 Å². The molecule has 9 nitrogen and oxygen atoms in total. The molecule has 1 aromatic heterocycles. The molecule has 2 N–H and O–H groups in total. The molecule has 4 aliphatic carbocycles. The number of hydrogen-bond acceptors (Lipinski definition) is 6. The summed E-state index contributed by atoms with van der Waals surface area (Å²) in [7, 11) is -3.50. The highest BCUT2D eigenvalue weighted by Gasteiger charge is 2.77. The number of allylic oxidation sites excluding steroid dienone is 2. The second-order valence-corrected chi connectivity index (χ2v) is 17.3. The van der Waals surface area contributed by atoms with E-state index in [-0.39, 0.29) is 47.7 Å². The standard InChI is InChI=1S/C36H43N3O6S/c1-23(22-46(44,45)26-12-8-5-9-13-26)27-14-15-28-33(27,2)17-16-29-34(3)30(41)20-25(40)21-35(34)18-19-36(28,29)39-32(43)37(31(42)38(35)39)24-10-6-4-7-11-24/h4-13,18-19,23,25,27-30,40-41H,14-17,20-22H2,1-3H3/t23-,25+,27-,28-,29-,30+,33-,34+,35-,36+/m1/s1. The number of aliphatic hydroxyl groups is 2. The van der Waals surface area contributed by atoms with Crippen molar-refractivity contribution in [1.29, 1.82) is 0 Å². The molecule has 0 saturated heterocycles. The number of para-hydroxylation sites is 1. The van der Waals surface area contributed by atoms with E-state index in [2.05, 4.69) is 19.9 Å². The third kappa shape index (κ3) is 3.50. The van der Waals surface area contributed by atoms with Crippen molar-refractivity contribution in [3.63, 3.8) is 0 Å². The smallest absolute Gasteiger partial charge is 0.352 e. The molecule has 6 aliphatic rings. The van der Waals surface area contributed by atoms with E-state index in [1.165, 1.54) is 4.57 Å². The van der Waals surface area contributed by atoms with Crippen LogP contribution in [-0.2, 0) is 20.9 Å². The Morgan fingerprint density at radius 1 is 0.870 bits per heavy atom. The topological polar surface area (TPSA) is 124 Å². The van der Waals surface area contributed by atoms with Crippen molar-refractivity contribution in [3.8, 4) is 5.69 Å². The van der Waals surface area contributed by atoms with Gasteiger partial charge in [-0.05, 0) is 85.5 Å². The molecule has 2 aliphatic heterocycles. The molecular formula is C36H43N3O6S. The second-order valence-electron chi connectivity index (χ2n) is 15.3. The van der Waals surface area contributed by atoms with Crippen LogP contribution in [0.25, 0.3) is 5.69 Å². The summed E-state index contributed by atoms with van der Waals surface area (Å²) in [6, 6.07) is 17.6. The molecule has 2 spiro atoms. The molecule has 244 valence electrons. The van der Waals surface area contributed by atoms with Crippen LogP contribution in [0.3, 0.4) is 0 Å². The van der Waals surface area contributed by atoms with Gasteiger partial charge in [0, 0.05) is 11.8 Å². The molecule has 46 heavy (non-hydrogen) atoms. The summed E-state index contributed by atoms with van der Waals surface area (Å²) in [5.74, 6) is -0.209. The SMILES string of the molecule is C[C@H](CS(=O)(=O)c1ccccc1)[C@H]1CC[C@@H]2[C@]1(C)CC[C@H]1[C@]23C=C[C@]2(C[C@@H](O)C[C@H](O)[C@]12C)n1c(=O)n(-c2ccccc2)c(=O)n13. The van der Waals surface area contributed by atoms with Gasteiger partial charge in [-0.25, -0.2) is 31.9 Å². The van der Waals surface area contributed by atoms with Gasteiger partial charge in [-0.15, -0.1) is 0 Å². The van der Waals surface area contributed by atoms with Gasteiger partial charge in [-0.2, -0.15) is 0 Å². The van der Waals surface area contributed by atoms with Crippen molar-refractivity contribution in [2.24, 2.45) is 34.5 Å². The van der Waals surface area contributed by atoms with Gasteiger partial charge in [0.15, 0.2) is 9.84 Å². The van der Waals surface area contributed by atoms with Gasteiger partial charge in [0.1, 0.15) is 0 Å². The maximum Gasteiger partial charge on any atom is 0.352 e. The summed E-state index contributed by atoms with van der Waals surface area (Å²) in [4.78, 5) is 29.6. The molecule has 2 bridgehead atoms. The number of hydrogen-bond donors (Lipinski definition) is 2. The van der Waals surface area contributed by atoms with E-state index in [4.69, 9.17) is 0 Å². The van der Waals surface area contributed by atoms with E-state index in [1.807, 2.05) is 25.1 Å². The monoisotopic (exact) mass is 645 g/mol. The first-order valence-corrected chi connectivity index (χ1v) is 18.4. The minimum absolute atomic E-state index is 0.0444. The predicted molar refractivity (Wildman–Crippen MR) is 173 cm³/mol. The minimum Gasteiger partial charge on any atom is -0.393 e. The van der Waals surface area contributed by atoms with Crippen LogP contribution < -0.4 is 11.4 Å². The van der Waals surface area contributed by atoms with Gasteiger partial charge in [-0.1, -0.05) is 69.3 Å². The van der Waals surface area contributed by atoms with Crippen molar-refractivity contribution in [2.45, 2.75) is 87.5 Å². The Morgan fingerprint density at radius 2 is 1.52 bits per heavy atom. The molecular weight excluding hydrogens is 602 g/mol. The van der Waals surface area contributed by atoms with Crippen LogP contribution in [0.4, 0.5) is 0 Å². The Morgan fingerprint density at radius 3 is 2.22 bits per heavy atom. The lowest BCUT2D eigenvalue weighted by molar-refractivity contribution is -0.238. The molecule has 10 heteroatoms. The fraction of sp³-hybridized carbons (Fsp3) is 0.556. The van der Waals surface area contributed by atoms with E-state index in [0.717, 1.165) is 19.3 Å². The Bertz CT molecular complexity index is 1970. The second kappa shape index (κ2) is 9.67. The maximum atomic E-state index is 14.7. The quantitative estimate of drug-likeness (QED) is 0.407. The van der Waals surface area contributed by atoms with Crippen LogP contribution in [0, 0.1) is 34.5 Å². The fourth-order valence-corrected chi connectivity index (χ4v) is 13.3. The Balaban J connectivity index is 1.31. The molecule has 3 fully saturated rings. The Hall–Kier alpha value is -3.21. The lowest BCUT2D eigenvalue weighted by Gasteiger charge is -2.72. The van der Waals surface area contributed by atoms with Gasteiger partial charge in [-0.3, -0.25) is 0 Å². The van der Waals surface area contributed by atoms with Gasteiger partial charge in [0.25, 0.3) is 0 Å². The zero-order valence-electron chi connectivity index (χ0n) is 26.6. The largest absolute Gasteiger partial charge is 0.393 e. The third-order valence-electron chi connectivity index (χ3n) is 13.5.